The summed E-state index contributed by atoms with van der Waals surface area (Å²) in [6, 6.07) is 1.74. The zero-order chi connectivity index (χ0) is 15.4. The minimum Gasteiger partial charge on any atom is -0.368 e. The maximum atomic E-state index is 12.8. The van der Waals surface area contributed by atoms with Crippen LogP contribution in [0.5, 0.6) is 0 Å². The molecule has 21 heavy (non-hydrogen) atoms. The summed E-state index contributed by atoms with van der Waals surface area (Å²) in [4.78, 5) is 25.7. The molecule has 0 atom stereocenters. The van der Waals surface area contributed by atoms with Gasteiger partial charge in [0.2, 0.25) is 5.91 Å². The predicted octanol–water partition coefficient (Wildman–Crippen LogP) is -0.227. The van der Waals surface area contributed by atoms with Crippen molar-refractivity contribution in [2.75, 3.05) is 19.6 Å². The summed E-state index contributed by atoms with van der Waals surface area (Å²) < 4.78 is 0. The molecule has 0 saturated carbocycles. The largest absolute Gasteiger partial charge is 0.368 e. The third-order valence-electron chi connectivity index (χ3n) is 3.67. The molecule has 3 N–H and O–H groups in total. The van der Waals surface area contributed by atoms with E-state index in [4.69, 9.17) is 5.73 Å². The molecule has 1 fully saturated rings. The van der Waals surface area contributed by atoms with Gasteiger partial charge in [-0.25, -0.2) is 0 Å². The van der Waals surface area contributed by atoms with Crippen molar-refractivity contribution in [1.82, 2.24) is 20.4 Å². The SMILES string of the molecule is Cc1cc(C(=O)N(CC(N)=O)C2CCNCC2)c(C)nn1. The van der Waals surface area contributed by atoms with E-state index >= 15 is 0 Å². The number of amides is 2. The molecule has 1 aromatic heterocycles. The number of nitrogens with zero attached hydrogens (tertiary/aromatic N) is 3. The zero-order valence-electron chi connectivity index (χ0n) is 12.4. The Hall–Kier alpha value is -2.02. The lowest BCUT2D eigenvalue weighted by Gasteiger charge is -2.34. The summed E-state index contributed by atoms with van der Waals surface area (Å²) in [7, 11) is 0. The second kappa shape index (κ2) is 6.62. The van der Waals surface area contributed by atoms with Crippen LogP contribution in [0, 0.1) is 13.8 Å². The van der Waals surface area contributed by atoms with Crippen LogP contribution in [-0.2, 0) is 4.79 Å². The number of rotatable bonds is 4. The number of hydrogen-bond donors (Lipinski definition) is 2. The number of primary amides is 1. The van der Waals surface area contributed by atoms with E-state index in [0.29, 0.717) is 17.0 Å². The van der Waals surface area contributed by atoms with E-state index in [1.54, 1.807) is 24.8 Å². The molecule has 2 amide bonds. The van der Waals surface area contributed by atoms with Crippen LogP contribution in [0.4, 0.5) is 0 Å². The number of hydrogen-bond acceptors (Lipinski definition) is 5. The van der Waals surface area contributed by atoms with Crippen LogP contribution in [0.2, 0.25) is 0 Å². The van der Waals surface area contributed by atoms with Crippen LogP contribution in [0.25, 0.3) is 0 Å². The Morgan fingerprint density at radius 1 is 1.33 bits per heavy atom. The molecule has 0 bridgehead atoms. The molecule has 1 aromatic rings. The van der Waals surface area contributed by atoms with Gasteiger partial charge in [0.25, 0.3) is 5.91 Å². The molecule has 1 aliphatic rings. The first-order valence-corrected chi connectivity index (χ1v) is 7.10. The molecule has 0 aromatic carbocycles. The van der Waals surface area contributed by atoms with Crippen molar-refractivity contribution in [3.63, 3.8) is 0 Å². The summed E-state index contributed by atoms with van der Waals surface area (Å²) in [6.07, 6.45) is 1.63. The molecule has 0 unspecified atom stereocenters. The quantitative estimate of drug-likeness (QED) is 0.798. The Morgan fingerprint density at radius 3 is 2.62 bits per heavy atom. The lowest BCUT2D eigenvalue weighted by atomic mass is 10.0. The van der Waals surface area contributed by atoms with Gasteiger partial charge in [-0.05, 0) is 45.8 Å². The van der Waals surface area contributed by atoms with Gasteiger partial charge in [0.15, 0.2) is 0 Å². The number of carbonyl (C=O) groups is 2. The van der Waals surface area contributed by atoms with Gasteiger partial charge in [0.1, 0.15) is 0 Å². The molecular weight excluding hydrogens is 270 g/mol. The Morgan fingerprint density at radius 2 is 2.00 bits per heavy atom. The fourth-order valence-corrected chi connectivity index (χ4v) is 2.57. The molecule has 2 rings (SSSR count). The Bertz CT molecular complexity index is 540. The van der Waals surface area contributed by atoms with Crippen LogP contribution in [-0.4, -0.2) is 52.6 Å². The Balaban J connectivity index is 2.28. The van der Waals surface area contributed by atoms with Crippen molar-refractivity contribution in [3.8, 4) is 0 Å². The maximum absolute atomic E-state index is 12.8. The minimum absolute atomic E-state index is 0.0270. The highest BCUT2D eigenvalue weighted by atomic mass is 16.2. The third-order valence-corrected chi connectivity index (χ3v) is 3.67. The van der Waals surface area contributed by atoms with E-state index in [-0.39, 0.29) is 18.5 Å². The zero-order valence-corrected chi connectivity index (χ0v) is 12.4. The van der Waals surface area contributed by atoms with Crippen molar-refractivity contribution in [2.24, 2.45) is 5.73 Å². The molecule has 114 valence electrons. The Labute approximate surface area is 123 Å². The van der Waals surface area contributed by atoms with Gasteiger partial charge >= 0.3 is 0 Å². The molecule has 7 nitrogen and oxygen atoms in total. The first kappa shape index (κ1) is 15.4. The first-order chi connectivity index (χ1) is 9.99. The van der Waals surface area contributed by atoms with Crippen molar-refractivity contribution in [1.29, 1.82) is 0 Å². The van der Waals surface area contributed by atoms with Crippen molar-refractivity contribution in [3.05, 3.63) is 23.0 Å². The van der Waals surface area contributed by atoms with Gasteiger partial charge < -0.3 is 16.0 Å². The number of nitrogens with two attached hydrogens (primary N) is 1. The molecule has 0 spiro atoms. The topological polar surface area (TPSA) is 101 Å². The van der Waals surface area contributed by atoms with E-state index in [2.05, 4.69) is 15.5 Å². The highest BCUT2D eigenvalue weighted by molar-refractivity contribution is 5.97. The molecular formula is C14H21N5O2. The molecule has 0 radical (unpaired) electrons. The van der Waals surface area contributed by atoms with Gasteiger partial charge in [-0.3, -0.25) is 9.59 Å². The second-order valence-corrected chi connectivity index (χ2v) is 5.37. The number of carbonyl (C=O) groups excluding carboxylic acids is 2. The van der Waals surface area contributed by atoms with E-state index in [1.165, 1.54) is 0 Å². The average molecular weight is 291 g/mol. The maximum Gasteiger partial charge on any atom is 0.256 e. The average Bonchev–Trinajstić information content (AvgIpc) is 2.47. The molecule has 2 heterocycles. The number of aromatic nitrogens is 2. The Kier molecular flexibility index (Phi) is 4.85. The van der Waals surface area contributed by atoms with Gasteiger partial charge in [-0.1, -0.05) is 0 Å². The molecule has 1 aliphatic heterocycles. The summed E-state index contributed by atoms with van der Waals surface area (Å²) in [5.41, 5.74) is 7.03. The van der Waals surface area contributed by atoms with E-state index < -0.39 is 5.91 Å². The van der Waals surface area contributed by atoms with Gasteiger partial charge in [-0.2, -0.15) is 10.2 Å². The summed E-state index contributed by atoms with van der Waals surface area (Å²) in [6.45, 7) is 5.13. The summed E-state index contributed by atoms with van der Waals surface area (Å²) in [5.74, 6) is -0.700. The van der Waals surface area contributed by atoms with Crippen LogP contribution < -0.4 is 11.1 Å². The van der Waals surface area contributed by atoms with Crippen molar-refractivity contribution in [2.45, 2.75) is 32.7 Å². The highest BCUT2D eigenvalue weighted by Crippen LogP contribution is 2.17. The van der Waals surface area contributed by atoms with Crippen LogP contribution in [0.1, 0.15) is 34.6 Å². The van der Waals surface area contributed by atoms with Gasteiger partial charge in [0, 0.05) is 6.04 Å². The predicted molar refractivity (Wildman–Crippen MR) is 77.6 cm³/mol. The fourth-order valence-electron chi connectivity index (χ4n) is 2.57. The molecule has 0 aliphatic carbocycles. The lowest BCUT2D eigenvalue weighted by molar-refractivity contribution is -0.119. The second-order valence-electron chi connectivity index (χ2n) is 5.37. The molecule has 1 saturated heterocycles. The lowest BCUT2D eigenvalue weighted by Crippen LogP contribution is -2.49. The summed E-state index contributed by atoms with van der Waals surface area (Å²) in [5, 5.41) is 11.2. The van der Waals surface area contributed by atoms with Crippen LogP contribution in [0.3, 0.4) is 0 Å². The fraction of sp³-hybridized carbons (Fsp3) is 0.571. The monoisotopic (exact) mass is 291 g/mol. The highest BCUT2D eigenvalue weighted by Gasteiger charge is 2.28. The first-order valence-electron chi connectivity index (χ1n) is 7.10. The van der Waals surface area contributed by atoms with Crippen molar-refractivity contribution < 1.29 is 9.59 Å². The standard InChI is InChI=1S/C14H21N5O2/c1-9-7-12(10(2)18-17-9)14(21)19(8-13(15)20)11-3-5-16-6-4-11/h7,11,16H,3-6,8H2,1-2H3,(H2,15,20). The van der Waals surface area contributed by atoms with E-state index in [1.807, 2.05) is 0 Å². The van der Waals surface area contributed by atoms with Crippen molar-refractivity contribution >= 4 is 11.8 Å². The van der Waals surface area contributed by atoms with Gasteiger partial charge in [-0.15, -0.1) is 0 Å². The van der Waals surface area contributed by atoms with Crippen LogP contribution in [0.15, 0.2) is 6.07 Å². The summed E-state index contributed by atoms with van der Waals surface area (Å²) >= 11 is 0. The molecule has 7 heteroatoms. The number of piperidine rings is 1. The van der Waals surface area contributed by atoms with Gasteiger partial charge in [0.05, 0.1) is 23.5 Å². The number of nitrogens with one attached hydrogen (secondary N) is 1. The van der Waals surface area contributed by atoms with E-state index in [0.717, 1.165) is 25.9 Å². The number of aryl methyl sites for hydroxylation is 2. The smallest absolute Gasteiger partial charge is 0.256 e. The normalized spacial score (nSPS) is 15.7. The van der Waals surface area contributed by atoms with Crippen LogP contribution >= 0.6 is 0 Å². The minimum atomic E-state index is -0.502. The van der Waals surface area contributed by atoms with E-state index in [9.17, 15) is 9.59 Å². The third kappa shape index (κ3) is 3.75.